The van der Waals surface area contributed by atoms with Crippen LogP contribution in [0.1, 0.15) is 44.6 Å². The fraction of sp³-hybridized carbons (Fsp3) is 0.529. The van der Waals surface area contributed by atoms with Gasteiger partial charge in [-0.15, -0.1) is 0 Å². The molecule has 1 aromatic carbocycles. The smallest absolute Gasteiger partial charge is 0.162 e. The number of halogens is 2. The number of rotatable bonds is 5. The Kier molecular flexibility index (Phi) is 5.72. The van der Waals surface area contributed by atoms with Crippen LogP contribution in [0.4, 0.5) is 8.78 Å². The van der Waals surface area contributed by atoms with Gasteiger partial charge in [-0.2, -0.15) is 0 Å². The molecule has 1 atom stereocenters. The van der Waals surface area contributed by atoms with Gasteiger partial charge in [-0.05, 0) is 50.3 Å². The molecule has 0 amide bonds. The lowest BCUT2D eigenvalue weighted by atomic mass is 9.95. The molecule has 110 valence electrons. The van der Waals surface area contributed by atoms with E-state index in [0.29, 0.717) is 12.0 Å². The molecule has 0 fully saturated rings. The van der Waals surface area contributed by atoms with E-state index in [0.717, 1.165) is 19.4 Å². The quantitative estimate of drug-likeness (QED) is 0.789. The van der Waals surface area contributed by atoms with Crippen LogP contribution in [-0.2, 0) is 6.42 Å². The van der Waals surface area contributed by atoms with E-state index in [9.17, 15) is 8.78 Å². The van der Waals surface area contributed by atoms with E-state index < -0.39 is 11.6 Å². The fourth-order valence-electron chi connectivity index (χ4n) is 2.86. The number of hydrogen-bond acceptors (Lipinski definition) is 1. The van der Waals surface area contributed by atoms with Crippen molar-refractivity contribution in [3.8, 4) is 0 Å². The molecule has 1 N–H and O–H groups in total. The summed E-state index contributed by atoms with van der Waals surface area (Å²) in [6.07, 6.45) is 8.65. The van der Waals surface area contributed by atoms with Gasteiger partial charge >= 0.3 is 0 Å². The third kappa shape index (κ3) is 3.89. The van der Waals surface area contributed by atoms with Crippen LogP contribution in [0.25, 0.3) is 0 Å². The summed E-state index contributed by atoms with van der Waals surface area (Å²) in [4.78, 5) is 0. The number of hydrogen-bond donors (Lipinski definition) is 1. The summed E-state index contributed by atoms with van der Waals surface area (Å²) in [5, 5.41) is 3.42. The molecule has 1 aliphatic carbocycles. The monoisotopic (exact) mass is 279 g/mol. The van der Waals surface area contributed by atoms with Gasteiger partial charge in [0.1, 0.15) is 0 Å². The molecule has 0 bridgehead atoms. The minimum Gasteiger partial charge on any atom is -0.310 e. The third-order valence-electron chi connectivity index (χ3n) is 3.93. The maximum atomic E-state index is 13.8. The average molecular weight is 279 g/mol. The van der Waals surface area contributed by atoms with Crippen molar-refractivity contribution in [3.05, 3.63) is 47.0 Å². The van der Waals surface area contributed by atoms with Gasteiger partial charge in [0.15, 0.2) is 11.6 Å². The van der Waals surface area contributed by atoms with Gasteiger partial charge in [0.2, 0.25) is 0 Å². The van der Waals surface area contributed by atoms with E-state index in [1.165, 1.54) is 30.9 Å². The first-order chi connectivity index (χ1) is 9.72. The highest BCUT2D eigenvalue weighted by Crippen LogP contribution is 2.23. The minimum atomic E-state index is -0.757. The molecule has 0 aliphatic heterocycles. The van der Waals surface area contributed by atoms with Crippen molar-refractivity contribution < 1.29 is 8.78 Å². The highest BCUT2D eigenvalue weighted by atomic mass is 19.2. The van der Waals surface area contributed by atoms with E-state index in [1.54, 1.807) is 12.1 Å². The summed E-state index contributed by atoms with van der Waals surface area (Å²) in [7, 11) is 0. The topological polar surface area (TPSA) is 12.0 Å². The highest BCUT2D eigenvalue weighted by Gasteiger charge is 2.18. The number of likely N-dealkylation sites (N-methyl/N-ethyl adjacent to an activating group) is 1. The minimum absolute atomic E-state index is 0.120. The van der Waals surface area contributed by atoms with E-state index in [-0.39, 0.29) is 6.04 Å². The molecule has 0 aromatic heterocycles. The SMILES string of the molecule is CCNC(Cc1cccc(F)c1F)C1=CCCCCC1. The van der Waals surface area contributed by atoms with Gasteiger partial charge in [0.05, 0.1) is 0 Å². The molecule has 3 heteroatoms. The van der Waals surface area contributed by atoms with Crippen LogP contribution >= 0.6 is 0 Å². The van der Waals surface area contributed by atoms with Crippen LogP contribution in [0.15, 0.2) is 29.8 Å². The second-order valence-electron chi connectivity index (χ2n) is 5.41. The van der Waals surface area contributed by atoms with Gasteiger partial charge in [-0.25, -0.2) is 8.78 Å². The van der Waals surface area contributed by atoms with Gasteiger partial charge in [0.25, 0.3) is 0 Å². The van der Waals surface area contributed by atoms with Crippen molar-refractivity contribution in [1.82, 2.24) is 5.32 Å². The molecule has 0 heterocycles. The lowest BCUT2D eigenvalue weighted by molar-refractivity contribution is 0.486. The zero-order chi connectivity index (χ0) is 14.4. The predicted molar refractivity (Wildman–Crippen MR) is 78.7 cm³/mol. The molecule has 1 nitrogen and oxygen atoms in total. The van der Waals surface area contributed by atoms with Crippen LogP contribution in [0.3, 0.4) is 0 Å². The van der Waals surface area contributed by atoms with Gasteiger partial charge < -0.3 is 5.32 Å². The van der Waals surface area contributed by atoms with Crippen LogP contribution in [0.2, 0.25) is 0 Å². The second-order valence-corrected chi connectivity index (χ2v) is 5.41. The second kappa shape index (κ2) is 7.53. The molecule has 1 unspecified atom stereocenters. The first kappa shape index (κ1) is 15.2. The normalized spacial score (nSPS) is 17.4. The number of nitrogens with one attached hydrogen (secondary N) is 1. The first-order valence-corrected chi connectivity index (χ1v) is 7.57. The predicted octanol–water partition coefficient (Wildman–Crippen LogP) is 4.38. The number of benzene rings is 1. The fourth-order valence-corrected chi connectivity index (χ4v) is 2.86. The third-order valence-corrected chi connectivity index (χ3v) is 3.93. The van der Waals surface area contributed by atoms with Crippen molar-refractivity contribution in [2.24, 2.45) is 0 Å². The molecule has 0 spiro atoms. The summed E-state index contributed by atoms with van der Waals surface area (Å²) in [5.41, 5.74) is 1.81. The van der Waals surface area contributed by atoms with Gasteiger partial charge in [0, 0.05) is 6.04 Å². The molecule has 1 aromatic rings. The Morgan fingerprint density at radius 3 is 2.85 bits per heavy atom. The van der Waals surface area contributed by atoms with Crippen LogP contribution < -0.4 is 5.32 Å². The number of allylic oxidation sites excluding steroid dienone is 1. The highest BCUT2D eigenvalue weighted by molar-refractivity contribution is 5.24. The average Bonchev–Trinajstić information content (AvgIpc) is 2.72. The molecule has 0 saturated heterocycles. The van der Waals surface area contributed by atoms with Crippen LogP contribution in [0.5, 0.6) is 0 Å². The molecule has 1 aliphatic rings. The zero-order valence-corrected chi connectivity index (χ0v) is 12.1. The van der Waals surface area contributed by atoms with Crippen molar-refractivity contribution in [3.63, 3.8) is 0 Å². The van der Waals surface area contributed by atoms with Crippen LogP contribution in [0, 0.1) is 11.6 Å². The Morgan fingerprint density at radius 2 is 2.05 bits per heavy atom. The zero-order valence-electron chi connectivity index (χ0n) is 12.1. The Balaban J connectivity index is 2.16. The standard InChI is InChI=1S/C17H23F2N/c1-2-20-16(13-8-5-3-4-6-9-13)12-14-10-7-11-15(18)17(14)19/h7-8,10-11,16,20H,2-6,9,12H2,1H3. The lowest BCUT2D eigenvalue weighted by Gasteiger charge is -2.21. The molecule has 20 heavy (non-hydrogen) atoms. The van der Waals surface area contributed by atoms with Crippen molar-refractivity contribution in [2.45, 2.75) is 51.5 Å². The summed E-state index contributed by atoms with van der Waals surface area (Å²) in [6, 6.07) is 4.55. The van der Waals surface area contributed by atoms with Crippen molar-refractivity contribution >= 4 is 0 Å². The Labute approximate surface area is 120 Å². The molecule has 0 radical (unpaired) electrons. The van der Waals surface area contributed by atoms with E-state index >= 15 is 0 Å². The molecular weight excluding hydrogens is 256 g/mol. The summed E-state index contributed by atoms with van der Waals surface area (Å²) >= 11 is 0. The van der Waals surface area contributed by atoms with Crippen LogP contribution in [-0.4, -0.2) is 12.6 Å². The van der Waals surface area contributed by atoms with E-state index in [1.807, 2.05) is 6.92 Å². The first-order valence-electron chi connectivity index (χ1n) is 7.57. The molecular formula is C17H23F2N. The van der Waals surface area contributed by atoms with E-state index in [4.69, 9.17) is 0 Å². The summed E-state index contributed by atoms with van der Waals surface area (Å²) in [5.74, 6) is -1.46. The lowest BCUT2D eigenvalue weighted by Crippen LogP contribution is -2.33. The Morgan fingerprint density at radius 1 is 1.20 bits per heavy atom. The molecule has 0 saturated carbocycles. The Bertz CT molecular complexity index is 468. The Hall–Kier alpha value is -1.22. The van der Waals surface area contributed by atoms with Gasteiger partial charge in [-0.1, -0.05) is 37.1 Å². The van der Waals surface area contributed by atoms with Crippen molar-refractivity contribution in [2.75, 3.05) is 6.54 Å². The largest absolute Gasteiger partial charge is 0.310 e. The van der Waals surface area contributed by atoms with Crippen molar-refractivity contribution in [1.29, 1.82) is 0 Å². The maximum absolute atomic E-state index is 13.8. The molecule has 2 rings (SSSR count). The summed E-state index contributed by atoms with van der Waals surface area (Å²) in [6.45, 7) is 2.88. The summed E-state index contributed by atoms with van der Waals surface area (Å²) < 4.78 is 27.1. The maximum Gasteiger partial charge on any atom is 0.162 e. The van der Waals surface area contributed by atoms with Gasteiger partial charge in [-0.3, -0.25) is 0 Å². The van der Waals surface area contributed by atoms with E-state index in [2.05, 4.69) is 11.4 Å².